The summed E-state index contributed by atoms with van der Waals surface area (Å²) in [7, 11) is 0. The highest BCUT2D eigenvalue weighted by molar-refractivity contribution is 5.85. The molecule has 0 spiro atoms. The van der Waals surface area contributed by atoms with E-state index in [1.165, 1.54) is 50.2 Å². The lowest BCUT2D eigenvalue weighted by molar-refractivity contribution is 0.303. The van der Waals surface area contributed by atoms with Crippen molar-refractivity contribution in [2.75, 3.05) is 19.6 Å². The van der Waals surface area contributed by atoms with Crippen molar-refractivity contribution in [3.63, 3.8) is 0 Å². The zero-order valence-corrected chi connectivity index (χ0v) is 14.1. The van der Waals surface area contributed by atoms with Crippen LogP contribution in [0, 0.1) is 11.8 Å². The minimum Gasteiger partial charge on any atom is -0.301 e. The molecular formula is C18H23ClN4. The van der Waals surface area contributed by atoms with E-state index in [1.807, 2.05) is 0 Å². The van der Waals surface area contributed by atoms with Gasteiger partial charge in [0.1, 0.15) is 5.69 Å². The van der Waals surface area contributed by atoms with Gasteiger partial charge in [0.15, 0.2) is 0 Å². The number of fused-ring (bicyclic) bond motifs is 3. The second-order valence-electron chi connectivity index (χ2n) is 7.22. The third kappa shape index (κ3) is 2.68. The monoisotopic (exact) mass is 330 g/mol. The SMILES string of the molecule is Cl.c1ccc(-c2nnn3c2CC[C@@H]2CN(CC4CC4)C[C@H]23)cc1. The van der Waals surface area contributed by atoms with Crippen LogP contribution in [0.1, 0.15) is 31.0 Å². The van der Waals surface area contributed by atoms with Gasteiger partial charge in [0.2, 0.25) is 0 Å². The lowest BCUT2D eigenvalue weighted by Crippen LogP contribution is -2.26. The van der Waals surface area contributed by atoms with Crippen LogP contribution in [0.2, 0.25) is 0 Å². The Morgan fingerprint density at radius 3 is 2.65 bits per heavy atom. The van der Waals surface area contributed by atoms with E-state index >= 15 is 0 Å². The summed E-state index contributed by atoms with van der Waals surface area (Å²) in [6.45, 7) is 3.75. The Kier molecular flexibility index (Phi) is 3.90. The summed E-state index contributed by atoms with van der Waals surface area (Å²) < 4.78 is 2.25. The van der Waals surface area contributed by atoms with Crippen molar-refractivity contribution in [1.29, 1.82) is 0 Å². The number of rotatable bonds is 3. The summed E-state index contributed by atoms with van der Waals surface area (Å²) in [5.74, 6) is 1.76. The third-order valence-electron chi connectivity index (χ3n) is 5.60. The fourth-order valence-corrected chi connectivity index (χ4v) is 4.27. The van der Waals surface area contributed by atoms with Crippen molar-refractivity contribution < 1.29 is 0 Å². The Hall–Kier alpha value is -1.39. The molecule has 5 rings (SSSR count). The maximum Gasteiger partial charge on any atom is 0.116 e. The first-order valence-corrected chi connectivity index (χ1v) is 8.60. The lowest BCUT2D eigenvalue weighted by Gasteiger charge is -2.25. The van der Waals surface area contributed by atoms with Crippen LogP contribution >= 0.6 is 12.4 Å². The molecule has 0 unspecified atom stereocenters. The molecule has 2 aliphatic heterocycles. The molecule has 0 radical (unpaired) electrons. The molecule has 3 heterocycles. The highest BCUT2D eigenvalue weighted by Gasteiger charge is 2.40. The molecule has 0 bridgehead atoms. The van der Waals surface area contributed by atoms with E-state index in [0.717, 1.165) is 24.0 Å². The van der Waals surface area contributed by atoms with Gasteiger partial charge in [-0.3, -0.25) is 0 Å². The Balaban J connectivity index is 0.00000135. The zero-order chi connectivity index (χ0) is 14.5. The fraction of sp³-hybridized carbons (Fsp3) is 0.556. The van der Waals surface area contributed by atoms with E-state index < -0.39 is 0 Å². The molecule has 23 heavy (non-hydrogen) atoms. The number of likely N-dealkylation sites (tertiary alicyclic amines) is 1. The summed E-state index contributed by atoms with van der Waals surface area (Å²) in [4.78, 5) is 2.67. The van der Waals surface area contributed by atoms with Gasteiger partial charge in [-0.25, -0.2) is 4.68 Å². The van der Waals surface area contributed by atoms with E-state index in [-0.39, 0.29) is 12.4 Å². The Morgan fingerprint density at radius 1 is 1.04 bits per heavy atom. The molecule has 1 aromatic carbocycles. The van der Waals surface area contributed by atoms with E-state index in [9.17, 15) is 0 Å². The normalized spacial score (nSPS) is 26.4. The largest absolute Gasteiger partial charge is 0.301 e. The molecule has 4 nitrogen and oxygen atoms in total. The van der Waals surface area contributed by atoms with Crippen LogP contribution in [-0.2, 0) is 6.42 Å². The highest BCUT2D eigenvalue weighted by Crippen LogP contribution is 2.40. The molecule has 1 aromatic heterocycles. The average molecular weight is 331 g/mol. The summed E-state index contributed by atoms with van der Waals surface area (Å²) in [6.07, 6.45) is 5.30. The van der Waals surface area contributed by atoms with Crippen molar-refractivity contribution in [2.45, 2.75) is 31.7 Å². The number of nitrogens with zero attached hydrogens (tertiary/aromatic N) is 4. The van der Waals surface area contributed by atoms with E-state index in [0.29, 0.717) is 6.04 Å². The molecule has 122 valence electrons. The van der Waals surface area contributed by atoms with Crippen molar-refractivity contribution in [3.05, 3.63) is 36.0 Å². The van der Waals surface area contributed by atoms with Crippen LogP contribution in [0.15, 0.2) is 30.3 Å². The van der Waals surface area contributed by atoms with Crippen LogP contribution in [0.3, 0.4) is 0 Å². The third-order valence-corrected chi connectivity index (χ3v) is 5.60. The standard InChI is InChI=1S/C18H22N4.ClH/c1-2-4-14(5-3-1)18-16-9-8-15-11-21(10-13-6-7-13)12-17(15)22(16)20-19-18;/h1-5,13,15,17H,6-12H2;1H/t15-,17-;/m1./s1. The maximum atomic E-state index is 4.55. The number of hydrogen-bond acceptors (Lipinski definition) is 3. The zero-order valence-electron chi connectivity index (χ0n) is 13.3. The van der Waals surface area contributed by atoms with Gasteiger partial charge < -0.3 is 4.90 Å². The van der Waals surface area contributed by atoms with Gasteiger partial charge in [-0.2, -0.15) is 0 Å². The van der Waals surface area contributed by atoms with Crippen LogP contribution in [0.25, 0.3) is 11.3 Å². The molecule has 2 atom stereocenters. The van der Waals surface area contributed by atoms with E-state index in [1.54, 1.807) is 0 Å². The van der Waals surface area contributed by atoms with Gasteiger partial charge in [0, 0.05) is 25.2 Å². The minimum absolute atomic E-state index is 0. The average Bonchev–Trinajstić information content (AvgIpc) is 3.10. The van der Waals surface area contributed by atoms with Crippen LogP contribution < -0.4 is 0 Å². The van der Waals surface area contributed by atoms with Gasteiger partial charge in [0.25, 0.3) is 0 Å². The highest BCUT2D eigenvalue weighted by atomic mass is 35.5. The van der Waals surface area contributed by atoms with Crippen molar-refractivity contribution >= 4 is 12.4 Å². The Morgan fingerprint density at radius 2 is 1.87 bits per heavy atom. The van der Waals surface area contributed by atoms with Crippen molar-refractivity contribution in [1.82, 2.24) is 19.9 Å². The molecule has 1 aliphatic carbocycles. The molecule has 5 heteroatoms. The Bertz CT molecular complexity index is 680. The van der Waals surface area contributed by atoms with Gasteiger partial charge in [-0.05, 0) is 37.5 Å². The first kappa shape index (κ1) is 15.2. The lowest BCUT2D eigenvalue weighted by atomic mass is 9.91. The number of aromatic nitrogens is 3. The Labute approximate surface area is 143 Å². The summed E-state index contributed by atoms with van der Waals surface area (Å²) >= 11 is 0. The van der Waals surface area contributed by atoms with Crippen molar-refractivity contribution in [3.8, 4) is 11.3 Å². The number of halogens is 1. The first-order valence-electron chi connectivity index (χ1n) is 8.60. The topological polar surface area (TPSA) is 34.0 Å². The van der Waals surface area contributed by atoms with Crippen LogP contribution in [0.4, 0.5) is 0 Å². The number of benzene rings is 1. The van der Waals surface area contributed by atoms with Gasteiger partial charge in [0.05, 0.1) is 11.7 Å². The first-order chi connectivity index (χ1) is 10.9. The van der Waals surface area contributed by atoms with Crippen molar-refractivity contribution in [2.24, 2.45) is 11.8 Å². The summed E-state index contributed by atoms with van der Waals surface area (Å²) in [6, 6.07) is 11.1. The molecular weight excluding hydrogens is 308 g/mol. The van der Waals surface area contributed by atoms with E-state index in [2.05, 4.69) is 50.2 Å². The quantitative estimate of drug-likeness (QED) is 0.866. The van der Waals surface area contributed by atoms with Crippen LogP contribution in [-0.4, -0.2) is 39.5 Å². The second kappa shape index (κ2) is 5.91. The van der Waals surface area contributed by atoms with Gasteiger partial charge >= 0.3 is 0 Å². The van der Waals surface area contributed by atoms with E-state index in [4.69, 9.17) is 0 Å². The predicted molar refractivity (Wildman–Crippen MR) is 92.7 cm³/mol. The smallest absolute Gasteiger partial charge is 0.116 e. The molecule has 1 saturated carbocycles. The molecule has 2 fully saturated rings. The summed E-state index contributed by atoms with van der Waals surface area (Å²) in [5, 5.41) is 9.07. The summed E-state index contributed by atoms with van der Waals surface area (Å²) in [5.41, 5.74) is 3.65. The predicted octanol–water partition coefficient (Wildman–Crippen LogP) is 3.20. The minimum atomic E-state index is 0. The maximum absolute atomic E-state index is 4.55. The number of hydrogen-bond donors (Lipinski definition) is 0. The molecule has 2 aromatic rings. The van der Waals surface area contributed by atoms with Gasteiger partial charge in [-0.15, -0.1) is 17.5 Å². The van der Waals surface area contributed by atoms with Gasteiger partial charge in [-0.1, -0.05) is 35.5 Å². The van der Waals surface area contributed by atoms with Crippen LogP contribution in [0.5, 0.6) is 0 Å². The molecule has 0 N–H and O–H groups in total. The fourth-order valence-electron chi connectivity index (χ4n) is 4.27. The molecule has 0 amide bonds. The molecule has 3 aliphatic rings. The molecule has 1 saturated heterocycles. The second-order valence-corrected chi connectivity index (χ2v) is 7.22.